The monoisotopic (exact) mass is 304 g/mol. The van der Waals surface area contributed by atoms with Crippen molar-refractivity contribution in [1.82, 2.24) is 0 Å². The lowest BCUT2D eigenvalue weighted by atomic mass is 9.99. The fourth-order valence-corrected chi connectivity index (χ4v) is 3.01. The van der Waals surface area contributed by atoms with Crippen molar-refractivity contribution in [3.63, 3.8) is 0 Å². The Morgan fingerprint density at radius 1 is 1.11 bits per heavy atom. The summed E-state index contributed by atoms with van der Waals surface area (Å²) in [6, 6.07) is 12.5. The first-order chi connectivity index (χ1) is 8.68. The zero-order valence-corrected chi connectivity index (χ0v) is 11.1. The number of halogens is 2. The predicted octanol–water partition coefficient (Wildman–Crippen LogP) is 4.67. The molecule has 18 heavy (non-hydrogen) atoms. The van der Waals surface area contributed by atoms with Crippen molar-refractivity contribution >= 4 is 21.7 Å². The molecule has 1 atom stereocenters. The van der Waals surface area contributed by atoms with Gasteiger partial charge < -0.3 is 4.74 Å². The zero-order chi connectivity index (χ0) is 12.7. The molecule has 1 unspecified atom stereocenters. The van der Waals surface area contributed by atoms with Crippen LogP contribution in [0.2, 0.25) is 0 Å². The Kier molecular flexibility index (Phi) is 2.71. The number of alkyl halides is 1. The van der Waals surface area contributed by atoms with E-state index < -0.39 is 0 Å². The van der Waals surface area contributed by atoms with E-state index in [1.54, 1.807) is 12.1 Å². The highest BCUT2D eigenvalue weighted by atomic mass is 79.9. The lowest BCUT2D eigenvalue weighted by molar-refractivity contribution is 0.504. The average Bonchev–Trinajstić information content (AvgIpc) is 2.48. The highest BCUT2D eigenvalue weighted by Gasteiger charge is 2.26. The van der Waals surface area contributed by atoms with Gasteiger partial charge in [-0.25, -0.2) is 4.39 Å². The van der Waals surface area contributed by atoms with Crippen LogP contribution in [0.25, 0.3) is 5.76 Å². The molecule has 1 heterocycles. The first-order valence-electron chi connectivity index (χ1n) is 5.57. The van der Waals surface area contributed by atoms with Crippen LogP contribution >= 0.6 is 15.9 Å². The van der Waals surface area contributed by atoms with E-state index in [4.69, 9.17) is 4.74 Å². The second-order valence-corrected chi connectivity index (χ2v) is 5.04. The van der Waals surface area contributed by atoms with Crippen molar-refractivity contribution in [3.8, 4) is 5.75 Å². The molecule has 1 nitrogen and oxygen atoms in total. The summed E-state index contributed by atoms with van der Waals surface area (Å²) < 4.78 is 19.7. The maximum absolute atomic E-state index is 14.0. The minimum absolute atomic E-state index is 0.232. The smallest absolute Gasteiger partial charge is 0.135 e. The molecule has 0 N–H and O–H groups in total. The number of ether oxygens (including phenoxy) is 1. The largest absolute Gasteiger partial charge is 0.457 e. The first kappa shape index (κ1) is 11.5. The van der Waals surface area contributed by atoms with Crippen LogP contribution in [0.4, 0.5) is 4.39 Å². The molecular formula is C15H10BrFO. The van der Waals surface area contributed by atoms with Crippen LogP contribution in [0.15, 0.2) is 49.0 Å². The van der Waals surface area contributed by atoms with Crippen LogP contribution in [-0.4, -0.2) is 0 Å². The highest BCUT2D eigenvalue weighted by molar-refractivity contribution is 9.09. The highest BCUT2D eigenvalue weighted by Crippen LogP contribution is 2.44. The molecule has 3 rings (SSSR count). The summed E-state index contributed by atoms with van der Waals surface area (Å²) in [6.07, 6.45) is 0. The molecule has 0 saturated heterocycles. The molecule has 90 valence electrons. The van der Waals surface area contributed by atoms with E-state index in [9.17, 15) is 4.39 Å². The predicted molar refractivity (Wildman–Crippen MR) is 73.3 cm³/mol. The van der Waals surface area contributed by atoms with E-state index in [2.05, 4.69) is 22.5 Å². The van der Waals surface area contributed by atoms with Crippen molar-refractivity contribution in [2.24, 2.45) is 0 Å². The Hall–Kier alpha value is -1.61. The normalized spacial score (nSPS) is 17.4. The lowest BCUT2D eigenvalue weighted by Crippen LogP contribution is -1.97. The van der Waals surface area contributed by atoms with Crippen molar-refractivity contribution < 1.29 is 9.13 Å². The SMILES string of the molecule is C=C1Oc2cccc(F)c2C(Br)c2ccccc21. The van der Waals surface area contributed by atoms with Gasteiger partial charge in [-0.1, -0.05) is 52.8 Å². The molecule has 0 aromatic heterocycles. The number of benzene rings is 2. The van der Waals surface area contributed by atoms with Crippen LogP contribution in [0.5, 0.6) is 5.75 Å². The molecule has 0 saturated carbocycles. The van der Waals surface area contributed by atoms with E-state index in [1.165, 1.54) is 6.07 Å². The Morgan fingerprint density at radius 2 is 1.89 bits per heavy atom. The van der Waals surface area contributed by atoms with Gasteiger partial charge in [-0.2, -0.15) is 0 Å². The maximum atomic E-state index is 14.0. The molecule has 0 spiro atoms. The maximum Gasteiger partial charge on any atom is 0.135 e. The van der Waals surface area contributed by atoms with E-state index in [-0.39, 0.29) is 10.6 Å². The molecule has 3 heteroatoms. The molecule has 0 radical (unpaired) electrons. The summed E-state index contributed by atoms with van der Waals surface area (Å²) in [5.74, 6) is 0.774. The van der Waals surface area contributed by atoms with Gasteiger partial charge in [0, 0.05) is 11.1 Å². The molecule has 0 fully saturated rings. The molecule has 1 aliphatic heterocycles. The van der Waals surface area contributed by atoms with E-state index in [1.807, 2.05) is 24.3 Å². The number of rotatable bonds is 0. The molecule has 2 aromatic rings. The number of hydrogen-bond donors (Lipinski definition) is 0. The summed E-state index contributed by atoms with van der Waals surface area (Å²) in [4.78, 5) is -0.232. The second kappa shape index (κ2) is 4.25. The van der Waals surface area contributed by atoms with Crippen LogP contribution in [0.3, 0.4) is 0 Å². The third kappa shape index (κ3) is 1.66. The van der Waals surface area contributed by atoms with Crippen LogP contribution in [0, 0.1) is 5.82 Å². The zero-order valence-electron chi connectivity index (χ0n) is 9.49. The third-order valence-electron chi connectivity index (χ3n) is 3.03. The van der Waals surface area contributed by atoms with Crippen molar-refractivity contribution in [3.05, 3.63) is 71.6 Å². The fourth-order valence-electron chi connectivity index (χ4n) is 2.17. The first-order valence-corrected chi connectivity index (χ1v) is 6.48. The van der Waals surface area contributed by atoms with Gasteiger partial charge >= 0.3 is 0 Å². The Bertz CT molecular complexity index is 636. The second-order valence-electron chi connectivity index (χ2n) is 4.13. The Morgan fingerprint density at radius 3 is 2.72 bits per heavy atom. The minimum atomic E-state index is -0.279. The van der Waals surface area contributed by atoms with Gasteiger partial charge in [0.15, 0.2) is 0 Å². The molecule has 0 bridgehead atoms. The van der Waals surface area contributed by atoms with Gasteiger partial charge in [-0.05, 0) is 17.7 Å². The third-order valence-corrected chi connectivity index (χ3v) is 3.98. The van der Waals surface area contributed by atoms with Gasteiger partial charge in [0.2, 0.25) is 0 Å². The lowest BCUT2D eigenvalue weighted by Gasteiger charge is -2.12. The van der Waals surface area contributed by atoms with Gasteiger partial charge in [-0.15, -0.1) is 0 Å². The van der Waals surface area contributed by atoms with E-state index in [0.29, 0.717) is 17.1 Å². The van der Waals surface area contributed by atoms with Crippen LogP contribution in [0.1, 0.15) is 21.5 Å². The number of hydrogen-bond acceptors (Lipinski definition) is 1. The fraction of sp³-hybridized carbons (Fsp3) is 0.0667. The molecule has 0 aliphatic carbocycles. The van der Waals surface area contributed by atoms with Gasteiger partial charge in [0.1, 0.15) is 17.3 Å². The average molecular weight is 305 g/mol. The Labute approximate surface area is 113 Å². The minimum Gasteiger partial charge on any atom is -0.457 e. The molecule has 1 aliphatic rings. The van der Waals surface area contributed by atoms with Gasteiger partial charge in [0.05, 0.1) is 4.83 Å². The van der Waals surface area contributed by atoms with E-state index >= 15 is 0 Å². The quantitative estimate of drug-likeness (QED) is 0.643. The van der Waals surface area contributed by atoms with Crippen molar-refractivity contribution in [2.45, 2.75) is 4.83 Å². The Balaban J connectivity index is 2.29. The summed E-state index contributed by atoms with van der Waals surface area (Å²) in [5, 5.41) is 0. The van der Waals surface area contributed by atoms with Crippen molar-refractivity contribution in [1.29, 1.82) is 0 Å². The van der Waals surface area contributed by atoms with Crippen molar-refractivity contribution in [2.75, 3.05) is 0 Å². The molecule has 0 amide bonds. The van der Waals surface area contributed by atoms with E-state index in [0.717, 1.165) is 11.1 Å². The topological polar surface area (TPSA) is 9.23 Å². The summed E-state index contributed by atoms with van der Waals surface area (Å²) in [7, 11) is 0. The van der Waals surface area contributed by atoms with Gasteiger partial charge in [0.25, 0.3) is 0 Å². The molecular weight excluding hydrogens is 295 g/mol. The number of fused-ring (bicyclic) bond motifs is 2. The van der Waals surface area contributed by atoms with Gasteiger partial charge in [-0.3, -0.25) is 0 Å². The molecule has 2 aromatic carbocycles. The summed E-state index contributed by atoms with van der Waals surface area (Å²) >= 11 is 3.55. The van der Waals surface area contributed by atoms with Crippen LogP contribution in [-0.2, 0) is 0 Å². The summed E-state index contributed by atoms with van der Waals surface area (Å²) in [5.41, 5.74) is 2.38. The summed E-state index contributed by atoms with van der Waals surface area (Å²) in [6.45, 7) is 3.91. The standard InChI is InChI=1S/C15H10BrFO/c1-9-10-5-2-3-6-11(10)15(16)14-12(17)7-4-8-13(14)18-9/h2-8,15H,1H2. The van der Waals surface area contributed by atoms with Crippen LogP contribution < -0.4 is 4.74 Å².